The molecule has 0 bridgehead atoms. The molecule has 3 rings (SSSR count). The van der Waals surface area contributed by atoms with Crippen LogP contribution in [0.5, 0.6) is 0 Å². The molecule has 0 radical (unpaired) electrons. The van der Waals surface area contributed by atoms with Gasteiger partial charge in [-0.1, -0.05) is 60.7 Å². The van der Waals surface area contributed by atoms with Crippen molar-refractivity contribution >= 4 is 46.6 Å². The largest absolute Gasteiger partial charge is 0.595 e. The van der Waals surface area contributed by atoms with Crippen LogP contribution in [-0.2, 0) is 9.59 Å². The second kappa shape index (κ2) is 10.6. The summed E-state index contributed by atoms with van der Waals surface area (Å²) < 4.78 is 0. The van der Waals surface area contributed by atoms with E-state index < -0.39 is 33.8 Å². The molecule has 0 aliphatic heterocycles. The molecule has 0 saturated carbocycles. The van der Waals surface area contributed by atoms with Crippen molar-refractivity contribution in [2.45, 2.75) is 0 Å². The number of nitrogens with one attached hydrogen (secondary N) is 2. The highest BCUT2D eigenvalue weighted by molar-refractivity contribution is 6.22. The summed E-state index contributed by atoms with van der Waals surface area (Å²) in [5.74, 6) is -2.64. The second-order valence-electron chi connectivity index (χ2n) is 7.10. The zero-order valence-electron chi connectivity index (χ0n) is 17.5. The zero-order valence-corrected chi connectivity index (χ0v) is 17.5. The van der Waals surface area contributed by atoms with Crippen molar-refractivity contribution in [3.63, 3.8) is 0 Å². The molecule has 3 aromatic rings. The summed E-state index contributed by atoms with van der Waals surface area (Å²) >= 11 is 0. The Hall–Kier alpha value is -4.16. The topological polar surface area (TPSA) is 170 Å². The highest BCUT2D eigenvalue weighted by atomic mass is 16.8. The first-order valence-corrected chi connectivity index (χ1v) is 9.84. The molecule has 6 N–H and O–H groups in total. The molecule has 0 heterocycles. The number of carboxylic acids is 2. The van der Waals surface area contributed by atoms with Gasteiger partial charge in [-0.2, -0.15) is 10.5 Å². The average Bonchev–Trinajstić information content (AvgIpc) is 2.81. The van der Waals surface area contributed by atoms with Gasteiger partial charge in [0.25, 0.3) is 0 Å². The molecule has 2 unspecified atom stereocenters. The molecule has 0 aliphatic rings. The molecule has 34 heavy (non-hydrogen) atoms. The highest BCUT2D eigenvalue weighted by Gasteiger charge is 2.21. The van der Waals surface area contributed by atoms with Crippen molar-refractivity contribution in [2.75, 3.05) is 0 Å². The van der Waals surface area contributed by atoms with Gasteiger partial charge in [0.2, 0.25) is 0 Å². The molecule has 0 amide bonds. The van der Waals surface area contributed by atoms with Crippen molar-refractivity contribution < 1.29 is 40.7 Å². The minimum atomic E-state index is -1.47. The predicted molar refractivity (Wildman–Crippen MR) is 122 cm³/mol. The Bertz CT molecular complexity index is 1160. The van der Waals surface area contributed by atoms with E-state index in [2.05, 4.69) is 0 Å². The third kappa shape index (κ3) is 5.60. The van der Waals surface area contributed by atoms with Gasteiger partial charge in [0, 0.05) is 11.1 Å². The summed E-state index contributed by atoms with van der Waals surface area (Å²) in [6, 6.07) is 18.0. The summed E-state index contributed by atoms with van der Waals surface area (Å²) in [6.07, 6.45) is 2.24. The van der Waals surface area contributed by atoms with Crippen LogP contribution in [0.25, 0.3) is 23.3 Å². The maximum atomic E-state index is 11.9. The average molecular weight is 464 g/mol. The van der Waals surface area contributed by atoms with Crippen LogP contribution in [0.15, 0.2) is 72.8 Å². The van der Waals surface area contributed by atoms with Gasteiger partial charge in [0.05, 0.1) is 17.2 Å². The smallest absolute Gasteiger partial charge is 0.336 e. The lowest BCUT2D eigenvalue weighted by Crippen LogP contribution is -3.01. The molecular formula is C24H20N2O8. The lowest BCUT2D eigenvalue weighted by molar-refractivity contribution is -0.996. The maximum Gasteiger partial charge on any atom is 0.336 e. The minimum absolute atomic E-state index is 0.0946. The normalized spacial score (nSPS) is 13.9. The van der Waals surface area contributed by atoms with Crippen LogP contribution in [-0.4, -0.2) is 32.6 Å². The van der Waals surface area contributed by atoms with E-state index in [0.29, 0.717) is 11.1 Å². The molecule has 2 atom stereocenters. The van der Waals surface area contributed by atoms with Gasteiger partial charge in [-0.25, -0.2) is 20.0 Å². The Labute approximate surface area is 193 Å². The molecular weight excluding hydrogens is 444 g/mol. The Morgan fingerprint density at radius 3 is 1.29 bits per heavy atom. The number of benzene rings is 3. The van der Waals surface area contributed by atoms with E-state index in [4.69, 9.17) is 0 Å². The fourth-order valence-corrected chi connectivity index (χ4v) is 3.33. The maximum absolute atomic E-state index is 11.9. The Balaban J connectivity index is 2.30. The van der Waals surface area contributed by atoms with Crippen molar-refractivity contribution in [3.8, 4) is 0 Å². The van der Waals surface area contributed by atoms with E-state index in [9.17, 15) is 40.6 Å². The van der Waals surface area contributed by atoms with E-state index in [1.54, 1.807) is 36.4 Å². The molecule has 0 spiro atoms. The number of quaternary nitrogens is 2. The monoisotopic (exact) mass is 464 g/mol. The first-order valence-electron chi connectivity index (χ1n) is 9.84. The van der Waals surface area contributed by atoms with Crippen LogP contribution < -0.4 is 10.5 Å². The zero-order chi connectivity index (χ0) is 24.8. The second-order valence-corrected chi connectivity index (χ2v) is 7.10. The molecule has 0 aromatic heterocycles. The van der Waals surface area contributed by atoms with Crippen molar-refractivity contribution in [1.29, 1.82) is 0 Å². The summed E-state index contributed by atoms with van der Waals surface area (Å²) in [4.78, 5) is 23.8. The van der Waals surface area contributed by atoms with E-state index in [0.717, 1.165) is 24.3 Å². The first kappa shape index (κ1) is 24.5. The standard InChI is InChI=1S/C24H20N2O8/c27-23(28)19(15-7-3-1-4-8-15)12-17-11-18(22(26(33)34)14-21(17)25(31)32)13-20(24(29)30)16-9-5-2-6-10-16/h1-14,25-26,31,33H,(H,27,28)(H,29,30). The molecule has 3 aromatic carbocycles. The molecule has 10 nitrogen and oxygen atoms in total. The van der Waals surface area contributed by atoms with Gasteiger partial charge in [-0.3, -0.25) is 0 Å². The van der Waals surface area contributed by atoms with E-state index in [1.165, 1.54) is 24.3 Å². The summed E-state index contributed by atoms with van der Waals surface area (Å²) in [7, 11) is 0. The Kier molecular flexibility index (Phi) is 7.66. The quantitative estimate of drug-likeness (QED) is 0.166. The van der Waals surface area contributed by atoms with Crippen LogP contribution >= 0.6 is 0 Å². The van der Waals surface area contributed by atoms with Gasteiger partial charge in [0.1, 0.15) is 0 Å². The van der Waals surface area contributed by atoms with Crippen molar-refractivity contribution in [2.24, 2.45) is 0 Å². The fourth-order valence-electron chi connectivity index (χ4n) is 3.33. The Morgan fingerprint density at radius 1 is 0.647 bits per heavy atom. The van der Waals surface area contributed by atoms with Crippen LogP contribution in [0, 0.1) is 10.4 Å². The molecule has 0 saturated heterocycles. The number of hydrogen-bond donors (Lipinski definition) is 6. The summed E-state index contributed by atoms with van der Waals surface area (Å²) in [5.41, 5.74) is -0.903. The molecule has 0 fully saturated rings. The van der Waals surface area contributed by atoms with E-state index in [-0.39, 0.29) is 22.3 Å². The number of carboxylic acid groups (broad SMARTS) is 2. The van der Waals surface area contributed by atoms with E-state index >= 15 is 0 Å². The predicted octanol–water partition coefficient (Wildman–Crippen LogP) is 1.74. The summed E-state index contributed by atoms with van der Waals surface area (Å²) in [5, 5.41) is 59.5. The van der Waals surface area contributed by atoms with Gasteiger partial charge in [0.15, 0.2) is 11.4 Å². The van der Waals surface area contributed by atoms with Gasteiger partial charge >= 0.3 is 11.9 Å². The first-order chi connectivity index (χ1) is 16.2. The van der Waals surface area contributed by atoms with Gasteiger partial charge in [-0.15, -0.1) is 0 Å². The number of rotatable bonds is 8. The third-order valence-corrected chi connectivity index (χ3v) is 4.91. The third-order valence-electron chi connectivity index (χ3n) is 4.91. The van der Waals surface area contributed by atoms with Gasteiger partial charge < -0.3 is 20.6 Å². The SMILES string of the molecule is O=C(O)C(=Cc1cc(C=C(C(=O)O)c2ccccc2)c([NH+]([O-])O)cc1[NH+]([O-])O)c1ccccc1. The van der Waals surface area contributed by atoms with E-state index in [1.807, 2.05) is 0 Å². The Morgan fingerprint density at radius 2 is 1.00 bits per heavy atom. The van der Waals surface area contributed by atoms with Crippen LogP contribution in [0.4, 0.5) is 11.4 Å². The molecule has 10 heteroatoms. The van der Waals surface area contributed by atoms with Crippen LogP contribution in [0.1, 0.15) is 22.3 Å². The number of hydrogen-bond acceptors (Lipinski definition) is 6. The van der Waals surface area contributed by atoms with Crippen molar-refractivity contribution in [3.05, 3.63) is 105 Å². The fraction of sp³-hybridized carbons (Fsp3) is 0. The number of aliphatic carboxylic acids is 2. The van der Waals surface area contributed by atoms with Gasteiger partial charge in [-0.05, 0) is 29.3 Å². The van der Waals surface area contributed by atoms with Crippen molar-refractivity contribution in [1.82, 2.24) is 0 Å². The molecule has 174 valence electrons. The minimum Gasteiger partial charge on any atom is -0.595 e. The summed E-state index contributed by atoms with van der Waals surface area (Å²) in [6.45, 7) is 0. The number of carbonyl (C=O) groups is 2. The lowest BCUT2D eigenvalue weighted by atomic mass is 9.97. The highest BCUT2D eigenvalue weighted by Crippen LogP contribution is 2.29. The lowest BCUT2D eigenvalue weighted by Gasteiger charge is -2.20. The molecule has 0 aliphatic carbocycles. The van der Waals surface area contributed by atoms with Crippen LogP contribution in [0.3, 0.4) is 0 Å². The van der Waals surface area contributed by atoms with Crippen LogP contribution in [0.2, 0.25) is 0 Å².